The number of ether oxygens (including phenoxy) is 2. The van der Waals surface area contributed by atoms with E-state index in [0.29, 0.717) is 29.1 Å². The molecule has 0 spiro atoms. The van der Waals surface area contributed by atoms with Gasteiger partial charge in [0, 0.05) is 30.8 Å². The average Bonchev–Trinajstić information content (AvgIpc) is 2.70. The lowest BCUT2D eigenvalue weighted by Gasteiger charge is -2.18. The summed E-state index contributed by atoms with van der Waals surface area (Å²) < 4.78 is 36.3. The third-order valence-electron chi connectivity index (χ3n) is 4.17. The lowest BCUT2D eigenvalue weighted by atomic mass is 10.1. The van der Waals surface area contributed by atoms with Crippen LogP contribution in [0.4, 0.5) is 14.6 Å². The number of halogens is 2. The Bertz CT molecular complexity index is 947. The minimum Gasteiger partial charge on any atom is -0.491 e. The fourth-order valence-electron chi connectivity index (χ4n) is 2.59. The number of hydrogen-bond acceptors (Lipinski definition) is 6. The molecule has 31 heavy (non-hydrogen) atoms. The van der Waals surface area contributed by atoms with Gasteiger partial charge in [-0.3, -0.25) is 9.59 Å². The molecular formula is C21H26F2N4O4. The van der Waals surface area contributed by atoms with Gasteiger partial charge in [0.15, 0.2) is 12.4 Å². The number of carbonyl (C=O) groups excluding carboxylic acids is 2. The van der Waals surface area contributed by atoms with Crippen molar-refractivity contribution in [1.29, 1.82) is 0 Å². The standard InChI is InChI=1S/C21H26F2N4O4/c1-6-18(28)27-17-9-14(7-12(2)25-17)19(29)26-13(3)15-8-16(30-5)20(24-10-15)31-11-21(4,22)23/h7-10,13H,6,11H2,1-5H3,(H,26,29)(H,25,27,28). The van der Waals surface area contributed by atoms with Crippen molar-refractivity contribution in [3.8, 4) is 11.6 Å². The number of alkyl halides is 2. The number of nitrogens with zero attached hydrogens (tertiary/aromatic N) is 2. The molecule has 1 unspecified atom stereocenters. The normalized spacial score (nSPS) is 12.1. The maximum atomic E-state index is 13.0. The Morgan fingerprint density at radius 3 is 2.58 bits per heavy atom. The van der Waals surface area contributed by atoms with Gasteiger partial charge in [0.2, 0.25) is 5.91 Å². The molecule has 0 saturated heterocycles. The maximum absolute atomic E-state index is 13.0. The number of methoxy groups -OCH3 is 1. The third kappa shape index (κ3) is 7.16. The Labute approximate surface area is 179 Å². The first-order chi connectivity index (χ1) is 14.5. The molecule has 0 aromatic carbocycles. The fraction of sp³-hybridized carbons (Fsp3) is 0.429. The van der Waals surface area contributed by atoms with Gasteiger partial charge < -0.3 is 20.1 Å². The Kier molecular flexibility index (Phi) is 7.84. The number of pyridine rings is 2. The van der Waals surface area contributed by atoms with E-state index in [-0.39, 0.29) is 23.4 Å². The Hall–Kier alpha value is -3.30. The maximum Gasteiger partial charge on any atom is 0.278 e. The van der Waals surface area contributed by atoms with E-state index in [1.165, 1.54) is 19.4 Å². The van der Waals surface area contributed by atoms with Gasteiger partial charge in [0.1, 0.15) is 5.82 Å². The minimum atomic E-state index is -3.01. The molecular weight excluding hydrogens is 410 g/mol. The molecule has 1 atom stereocenters. The summed E-state index contributed by atoms with van der Waals surface area (Å²) in [5.41, 5.74) is 1.49. The summed E-state index contributed by atoms with van der Waals surface area (Å²) in [5.74, 6) is -3.19. The zero-order valence-electron chi connectivity index (χ0n) is 18.1. The van der Waals surface area contributed by atoms with Crippen molar-refractivity contribution in [1.82, 2.24) is 15.3 Å². The molecule has 0 bridgehead atoms. The van der Waals surface area contributed by atoms with Crippen LogP contribution in [0.3, 0.4) is 0 Å². The molecule has 2 aromatic rings. The second-order valence-electron chi connectivity index (χ2n) is 7.11. The highest BCUT2D eigenvalue weighted by Gasteiger charge is 2.24. The molecule has 10 heteroatoms. The van der Waals surface area contributed by atoms with Gasteiger partial charge in [0.05, 0.1) is 13.2 Å². The summed E-state index contributed by atoms with van der Waals surface area (Å²) in [4.78, 5) is 32.6. The summed E-state index contributed by atoms with van der Waals surface area (Å²) in [6.45, 7) is 5.08. The van der Waals surface area contributed by atoms with Crippen LogP contribution in [-0.2, 0) is 4.79 Å². The van der Waals surface area contributed by atoms with Crippen molar-refractivity contribution in [3.05, 3.63) is 41.2 Å². The van der Waals surface area contributed by atoms with Crippen LogP contribution in [0, 0.1) is 6.92 Å². The topological polar surface area (TPSA) is 102 Å². The zero-order valence-corrected chi connectivity index (χ0v) is 18.1. The van der Waals surface area contributed by atoms with Crippen molar-refractivity contribution in [2.24, 2.45) is 0 Å². The quantitative estimate of drug-likeness (QED) is 0.622. The predicted molar refractivity (Wildman–Crippen MR) is 111 cm³/mol. The molecule has 0 radical (unpaired) electrons. The van der Waals surface area contributed by atoms with Gasteiger partial charge in [-0.1, -0.05) is 6.92 Å². The lowest BCUT2D eigenvalue weighted by molar-refractivity contribution is -0.115. The van der Waals surface area contributed by atoms with E-state index in [2.05, 4.69) is 20.6 Å². The smallest absolute Gasteiger partial charge is 0.278 e. The van der Waals surface area contributed by atoms with Gasteiger partial charge >= 0.3 is 0 Å². The van der Waals surface area contributed by atoms with Crippen molar-refractivity contribution in [2.75, 3.05) is 19.0 Å². The van der Waals surface area contributed by atoms with Crippen LogP contribution in [0.1, 0.15) is 54.8 Å². The predicted octanol–water partition coefficient (Wildman–Crippen LogP) is 3.67. The first kappa shape index (κ1) is 24.0. The molecule has 168 valence electrons. The fourth-order valence-corrected chi connectivity index (χ4v) is 2.59. The number of hydrogen-bond donors (Lipinski definition) is 2. The van der Waals surface area contributed by atoms with Crippen LogP contribution in [0.25, 0.3) is 0 Å². The molecule has 0 saturated carbocycles. The summed E-state index contributed by atoms with van der Waals surface area (Å²) in [7, 11) is 1.37. The van der Waals surface area contributed by atoms with E-state index < -0.39 is 18.6 Å². The monoisotopic (exact) mass is 436 g/mol. The Morgan fingerprint density at radius 2 is 1.97 bits per heavy atom. The molecule has 0 aliphatic carbocycles. The highest BCUT2D eigenvalue weighted by atomic mass is 19.3. The van der Waals surface area contributed by atoms with Gasteiger partial charge in [-0.05, 0) is 37.6 Å². The van der Waals surface area contributed by atoms with Crippen LogP contribution in [-0.4, -0.2) is 41.4 Å². The van der Waals surface area contributed by atoms with E-state index in [1.54, 1.807) is 32.9 Å². The molecule has 2 rings (SSSR count). The molecule has 8 nitrogen and oxygen atoms in total. The van der Waals surface area contributed by atoms with E-state index >= 15 is 0 Å². The van der Waals surface area contributed by atoms with Gasteiger partial charge in [-0.2, -0.15) is 0 Å². The highest BCUT2D eigenvalue weighted by Crippen LogP contribution is 2.29. The van der Waals surface area contributed by atoms with Crippen LogP contribution in [0.2, 0.25) is 0 Å². The third-order valence-corrected chi connectivity index (χ3v) is 4.17. The number of carbonyl (C=O) groups is 2. The number of aromatic nitrogens is 2. The lowest BCUT2D eigenvalue weighted by Crippen LogP contribution is -2.27. The first-order valence-electron chi connectivity index (χ1n) is 9.66. The molecule has 0 fully saturated rings. The highest BCUT2D eigenvalue weighted by molar-refractivity contribution is 5.96. The van der Waals surface area contributed by atoms with Crippen LogP contribution in [0.5, 0.6) is 11.6 Å². The molecule has 0 aliphatic rings. The van der Waals surface area contributed by atoms with Crippen LogP contribution < -0.4 is 20.1 Å². The summed E-state index contributed by atoms with van der Waals surface area (Å²) >= 11 is 0. The van der Waals surface area contributed by atoms with Crippen LogP contribution >= 0.6 is 0 Å². The number of anilines is 1. The second kappa shape index (κ2) is 10.1. The first-order valence-corrected chi connectivity index (χ1v) is 9.66. The zero-order chi connectivity index (χ0) is 23.2. The van der Waals surface area contributed by atoms with E-state index in [0.717, 1.165) is 6.92 Å². The summed E-state index contributed by atoms with van der Waals surface area (Å²) in [6, 6.07) is 4.18. The van der Waals surface area contributed by atoms with Gasteiger partial charge in [0.25, 0.3) is 17.7 Å². The van der Waals surface area contributed by atoms with Crippen molar-refractivity contribution in [2.45, 2.75) is 46.1 Å². The van der Waals surface area contributed by atoms with E-state index in [4.69, 9.17) is 9.47 Å². The van der Waals surface area contributed by atoms with Crippen molar-refractivity contribution in [3.63, 3.8) is 0 Å². The van der Waals surface area contributed by atoms with Gasteiger partial charge in [-0.25, -0.2) is 18.7 Å². The van der Waals surface area contributed by atoms with E-state index in [9.17, 15) is 18.4 Å². The second-order valence-corrected chi connectivity index (χ2v) is 7.11. The number of nitrogens with one attached hydrogen (secondary N) is 2. The Morgan fingerprint density at radius 1 is 1.26 bits per heavy atom. The van der Waals surface area contributed by atoms with Gasteiger partial charge in [-0.15, -0.1) is 0 Å². The molecule has 2 N–H and O–H groups in total. The number of rotatable bonds is 9. The molecule has 2 amide bonds. The molecule has 2 aromatic heterocycles. The average molecular weight is 436 g/mol. The summed E-state index contributed by atoms with van der Waals surface area (Å²) in [5, 5.41) is 5.46. The SMILES string of the molecule is CCC(=O)Nc1cc(C(=O)NC(C)c2cnc(OCC(C)(F)F)c(OC)c2)cc(C)n1. The van der Waals surface area contributed by atoms with Crippen LogP contribution in [0.15, 0.2) is 24.4 Å². The number of amides is 2. The minimum absolute atomic E-state index is 0.0626. The molecule has 2 heterocycles. The Balaban J connectivity index is 2.14. The van der Waals surface area contributed by atoms with Crippen molar-refractivity contribution >= 4 is 17.6 Å². The molecule has 0 aliphatic heterocycles. The summed E-state index contributed by atoms with van der Waals surface area (Å²) in [6.07, 6.45) is 1.71. The van der Waals surface area contributed by atoms with E-state index in [1.807, 2.05) is 0 Å². The largest absolute Gasteiger partial charge is 0.491 e. The van der Waals surface area contributed by atoms with Crippen molar-refractivity contribution < 1.29 is 27.8 Å². The number of aryl methyl sites for hydroxylation is 1.